The molecule has 2 aromatic rings. The molecule has 5 nitrogen and oxygen atoms in total. The number of aromatic nitrogens is 2. The largest absolute Gasteiger partial charge is 0.398 e. The van der Waals surface area contributed by atoms with E-state index < -0.39 is 0 Å². The second-order valence-corrected chi connectivity index (χ2v) is 4.48. The first-order chi connectivity index (χ1) is 9.06. The number of carbonyl (C=O) groups is 1. The monoisotopic (exact) mass is 276 g/mol. The molecule has 98 valence electrons. The third kappa shape index (κ3) is 3.42. The quantitative estimate of drug-likeness (QED) is 0.840. The van der Waals surface area contributed by atoms with Crippen LogP contribution in [0.15, 0.2) is 30.6 Å². The number of nitrogens with one attached hydrogen (secondary N) is 1. The van der Waals surface area contributed by atoms with Crippen LogP contribution in [-0.4, -0.2) is 15.9 Å². The van der Waals surface area contributed by atoms with E-state index in [1.165, 1.54) is 6.07 Å². The zero-order valence-corrected chi connectivity index (χ0v) is 11.1. The molecule has 1 aromatic heterocycles. The van der Waals surface area contributed by atoms with Crippen LogP contribution in [0.5, 0.6) is 0 Å². The molecule has 3 N–H and O–H groups in total. The van der Waals surface area contributed by atoms with Crippen molar-refractivity contribution in [2.45, 2.75) is 13.5 Å². The minimum absolute atomic E-state index is 0.232. The van der Waals surface area contributed by atoms with Crippen molar-refractivity contribution in [3.63, 3.8) is 0 Å². The van der Waals surface area contributed by atoms with Gasteiger partial charge in [-0.15, -0.1) is 0 Å². The number of nitrogen functional groups attached to an aromatic ring is 1. The Balaban J connectivity index is 2.01. The number of aryl methyl sites for hydroxylation is 1. The van der Waals surface area contributed by atoms with E-state index >= 15 is 0 Å². The Kier molecular flexibility index (Phi) is 3.97. The van der Waals surface area contributed by atoms with Crippen molar-refractivity contribution in [1.82, 2.24) is 15.3 Å². The maximum Gasteiger partial charge on any atom is 0.251 e. The smallest absolute Gasteiger partial charge is 0.251 e. The molecule has 0 radical (unpaired) electrons. The highest BCUT2D eigenvalue weighted by atomic mass is 35.5. The lowest BCUT2D eigenvalue weighted by molar-refractivity contribution is 0.0950. The Bertz CT molecular complexity index is 598. The fraction of sp³-hybridized carbons (Fsp3) is 0.154. The molecule has 0 saturated heterocycles. The summed E-state index contributed by atoms with van der Waals surface area (Å²) in [5.74, 6) is -0.232. The summed E-state index contributed by atoms with van der Waals surface area (Å²) in [6.45, 7) is 2.17. The zero-order chi connectivity index (χ0) is 13.8. The molecule has 2 rings (SSSR count). The van der Waals surface area contributed by atoms with Crippen LogP contribution < -0.4 is 11.1 Å². The summed E-state index contributed by atoms with van der Waals surface area (Å²) < 4.78 is 0. The topological polar surface area (TPSA) is 80.9 Å². The fourth-order valence-corrected chi connectivity index (χ4v) is 1.63. The Morgan fingerprint density at radius 3 is 2.79 bits per heavy atom. The number of anilines is 1. The number of carbonyl (C=O) groups excluding carboxylic acids is 1. The van der Waals surface area contributed by atoms with E-state index in [2.05, 4.69) is 15.3 Å². The van der Waals surface area contributed by atoms with Gasteiger partial charge in [0.05, 0.1) is 34.8 Å². The van der Waals surface area contributed by atoms with Gasteiger partial charge >= 0.3 is 0 Å². The molecule has 19 heavy (non-hydrogen) atoms. The molecule has 0 unspecified atom stereocenters. The van der Waals surface area contributed by atoms with Gasteiger partial charge in [-0.3, -0.25) is 14.8 Å². The van der Waals surface area contributed by atoms with E-state index in [-0.39, 0.29) is 5.91 Å². The lowest BCUT2D eigenvalue weighted by Gasteiger charge is -2.06. The van der Waals surface area contributed by atoms with Gasteiger partial charge in [-0.05, 0) is 25.1 Å². The molecule has 1 aromatic carbocycles. The third-order valence-electron chi connectivity index (χ3n) is 2.53. The van der Waals surface area contributed by atoms with Crippen LogP contribution in [0.2, 0.25) is 5.02 Å². The molecule has 0 atom stereocenters. The van der Waals surface area contributed by atoms with E-state index in [0.717, 1.165) is 5.69 Å². The number of hydrogen-bond donors (Lipinski definition) is 2. The summed E-state index contributed by atoms with van der Waals surface area (Å²) in [4.78, 5) is 20.1. The van der Waals surface area contributed by atoms with Gasteiger partial charge in [-0.2, -0.15) is 0 Å². The Morgan fingerprint density at radius 2 is 2.16 bits per heavy atom. The summed E-state index contributed by atoms with van der Waals surface area (Å²) in [7, 11) is 0. The van der Waals surface area contributed by atoms with Crippen molar-refractivity contribution in [2.75, 3.05) is 5.73 Å². The van der Waals surface area contributed by atoms with Gasteiger partial charge in [0.2, 0.25) is 0 Å². The highest BCUT2D eigenvalue weighted by Gasteiger charge is 2.07. The lowest BCUT2D eigenvalue weighted by Crippen LogP contribution is -2.23. The first kappa shape index (κ1) is 13.3. The van der Waals surface area contributed by atoms with Gasteiger partial charge in [0, 0.05) is 11.8 Å². The number of amides is 1. The second kappa shape index (κ2) is 5.67. The Labute approximate surface area is 115 Å². The first-order valence-electron chi connectivity index (χ1n) is 5.67. The number of rotatable bonds is 3. The second-order valence-electron chi connectivity index (χ2n) is 4.07. The maximum absolute atomic E-state index is 11.9. The van der Waals surface area contributed by atoms with E-state index in [4.69, 9.17) is 17.3 Å². The average molecular weight is 277 g/mol. The maximum atomic E-state index is 11.9. The van der Waals surface area contributed by atoms with Crippen molar-refractivity contribution in [3.05, 3.63) is 52.6 Å². The molecule has 1 heterocycles. The van der Waals surface area contributed by atoms with Crippen molar-refractivity contribution in [1.29, 1.82) is 0 Å². The molecule has 0 aliphatic carbocycles. The minimum Gasteiger partial charge on any atom is -0.398 e. The lowest BCUT2D eigenvalue weighted by atomic mass is 10.2. The van der Waals surface area contributed by atoms with Gasteiger partial charge in [0.15, 0.2) is 0 Å². The molecule has 0 fully saturated rings. The molecule has 0 spiro atoms. The third-order valence-corrected chi connectivity index (χ3v) is 2.85. The number of halogens is 1. The Morgan fingerprint density at radius 1 is 1.37 bits per heavy atom. The Hall–Kier alpha value is -2.14. The molecule has 0 aliphatic heterocycles. The number of hydrogen-bond acceptors (Lipinski definition) is 4. The van der Waals surface area contributed by atoms with E-state index in [1.807, 2.05) is 6.92 Å². The molecular weight excluding hydrogens is 264 g/mol. The zero-order valence-electron chi connectivity index (χ0n) is 10.4. The molecule has 0 saturated carbocycles. The summed E-state index contributed by atoms with van der Waals surface area (Å²) >= 11 is 5.87. The van der Waals surface area contributed by atoms with Gasteiger partial charge in [-0.25, -0.2) is 0 Å². The standard InChI is InChI=1S/C13H13ClN4O/c1-8-5-17-10(6-16-8)7-18-13(19)9-2-3-12(15)11(14)4-9/h2-6H,7,15H2,1H3,(H,18,19). The van der Waals surface area contributed by atoms with E-state index in [1.54, 1.807) is 24.5 Å². The highest BCUT2D eigenvalue weighted by Crippen LogP contribution is 2.19. The number of benzene rings is 1. The summed E-state index contributed by atoms with van der Waals surface area (Å²) in [5, 5.41) is 3.10. The van der Waals surface area contributed by atoms with Crippen LogP contribution in [0.4, 0.5) is 5.69 Å². The van der Waals surface area contributed by atoms with Gasteiger partial charge in [-0.1, -0.05) is 11.6 Å². The summed E-state index contributed by atoms with van der Waals surface area (Å²) in [6.07, 6.45) is 3.28. The van der Waals surface area contributed by atoms with Crippen LogP contribution in [0.3, 0.4) is 0 Å². The van der Waals surface area contributed by atoms with Crippen LogP contribution in [-0.2, 0) is 6.54 Å². The van der Waals surface area contributed by atoms with E-state index in [0.29, 0.717) is 28.5 Å². The van der Waals surface area contributed by atoms with Crippen LogP contribution in [0.25, 0.3) is 0 Å². The van der Waals surface area contributed by atoms with Crippen molar-refractivity contribution in [3.8, 4) is 0 Å². The minimum atomic E-state index is -0.232. The van der Waals surface area contributed by atoms with E-state index in [9.17, 15) is 4.79 Å². The summed E-state index contributed by atoms with van der Waals surface area (Å²) in [5.41, 5.74) is 8.02. The van der Waals surface area contributed by atoms with Crippen LogP contribution in [0, 0.1) is 6.92 Å². The van der Waals surface area contributed by atoms with Crippen molar-refractivity contribution < 1.29 is 4.79 Å². The molecular formula is C13H13ClN4O. The SMILES string of the molecule is Cc1cnc(CNC(=O)c2ccc(N)c(Cl)c2)cn1. The molecule has 1 amide bonds. The number of nitrogens with zero attached hydrogens (tertiary/aromatic N) is 2. The molecule has 0 aliphatic rings. The van der Waals surface area contributed by atoms with Gasteiger partial charge in [0.1, 0.15) is 0 Å². The fourth-order valence-electron chi connectivity index (χ4n) is 1.45. The van der Waals surface area contributed by atoms with Crippen molar-refractivity contribution >= 4 is 23.2 Å². The summed E-state index contributed by atoms with van der Waals surface area (Å²) in [6, 6.07) is 4.76. The normalized spacial score (nSPS) is 10.2. The molecule has 6 heteroatoms. The number of nitrogens with two attached hydrogens (primary N) is 1. The molecule has 0 bridgehead atoms. The highest BCUT2D eigenvalue weighted by molar-refractivity contribution is 6.33. The first-order valence-corrected chi connectivity index (χ1v) is 6.05. The predicted octanol–water partition coefficient (Wildman–Crippen LogP) is 1.95. The van der Waals surface area contributed by atoms with Crippen LogP contribution >= 0.6 is 11.6 Å². The van der Waals surface area contributed by atoms with Crippen LogP contribution in [0.1, 0.15) is 21.7 Å². The van der Waals surface area contributed by atoms with Gasteiger partial charge in [0.25, 0.3) is 5.91 Å². The van der Waals surface area contributed by atoms with Crippen molar-refractivity contribution in [2.24, 2.45) is 0 Å². The van der Waals surface area contributed by atoms with Gasteiger partial charge < -0.3 is 11.1 Å². The average Bonchev–Trinajstić information content (AvgIpc) is 2.41. The predicted molar refractivity (Wildman–Crippen MR) is 73.8 cm³/mol.